The lowest BCUT2D eigenvalue weighted by molar-refractivity contribution is -0.189. The maximum Gasteiger partial charge on any atom is 0.302 e. The van der Waals surface area contributed by atoms with Crippen LogP contribution in [0.3, 0.4) is 0 Å². The van der Waals surface area contributed by atoms with Gasteiger partial charge in [0, 0.05) is 11.8 Å². The van der Waals surface area contributed by atoms with E-state index in [0.29, 0.717) is 24.2 Å². The number of aliphatic hydroxyl groups is 1. The van der Waals surface area contributed by atoms with Crippen LogP contribution in [0.2, 0.25) is 0 Å². The molecule has 6 heteroatoms. The summed E-state index contributed by atoms with van der Waals surface area (Å²) in [7, 11) is 0. The SMILES string of the molecule is CC(=O)O[C@H]1CC[C@@]2(C)C(C1)[C@H](O)[C@@H](N=[N+]=[N-])[C@H]1[C@@H]3CC[C@H](C(C)CCCC(C)C)[C@@]3(C)CC[C@@H]12. The Bertz CT molecular complexity index is 826. The summed E-state index contributed by atoms with van der Waals surface area (Å²) in [5.41, 5.74) is 9.79. The molecule has 4 rings (SSSR count). The minimum Gasteiger partial charge on any atom is -0.463 e. The topological polar surface area (TPSA) is 95.3 Å². The van der Waals surface area contributed by atoms with Crippen LogP contribution in [0, 0.1) is 52.3 Å². The zero-order valence-corrected chi connectivity index (χ0v) is 22.9. The number of rotatable bonds is 7. The largest absolute Gasteiger partial charge is 0.463 e. The highest BCUT2D eigenvalue weighted by Crippen LogP contribution is 2.69. The van der Waals surface area contributed by atoms with Crippen LogP contribution in [0.25, 0.3) is 10.4 Å². The van der Waals surface area contributed by atoms with Crippen LogP contribution in [-0.4, -0.2) is 29.3 Å². The van der Waals surface area contributed by atoms with Crippen LogP contribution in [0.5, 0.6) is 0 Å². The molecule has 6 nitrogen and oxygen atoms in total. The van der Waals surface area contributed by atoms with Crippen LogP contribution in [-0.2, 0) is 9.53 Å². The Kier molecular flexibility index (Phi) is 7.84. The van der Waals surface area contributed by atoms with E-state index in [4.69, 9.17) is 4.74 Å². The van der Waals surface area contributed by atoms with Gasteiger partial charge in [-0.3, -0.25) is 4.79 Å². The van der Waals surface area contributed by atoms with E-state index in [-0.39, 0.29) is 40.8 Å². The molecular weight excluding hydrogens is 438 g/mol. The summed E-state index contributed by atoms with van der Waals surface area (Å²) in [5.74, 6) is 3.17. The summed E-state index contributed by atoms with van der Waals surface area (Å²) in [6.07, 6.45) is 10.5. The van der Waals surface area contributed by atoms with E-state index < -0.39 is 6.10 Å². The van der Waals surface area contributed by atoms with Gasteiger partial charge in [-0.25, -0.2) is 0 Å². The number of fused-ring (bicyclic) bond motifs is 5. The number of nitrogens with zero attached hydrogens (tertiary/aromatic N) is 3. The molecule has 0 aromatic heterocycles. The van der Waals surface area contributed by atoms with Crippen molar-refractivity contribution < 1.29 is 14.6 Å². The average Bonchev–Trinajstić information content (AvgIpc) is 3.14. The van der Waals surface area contributed by atoms with Gasteiger partial charge < -0.3 is 9.84 Å². The molecular formula is C29H49N3O3. The molecule has 1 N–H and O–H groups in total. The molecule has 11 atom stereocenters. The van der Waals surface area contributed by atoms with Crippen molar-refractivity contribution in [2.24, 2.45) is 57.4 Å². The Balaban J connectivity index is 1.59. The lowest BCUT2D eigenvalue weighted by Gasteiger charge is -2.64. The van der Waals surface area contributed by atoms with E-state index >= 15 is 0 Å². The zero-order valence-electron chi connectivity index (χ0n) is 22.9. The van der Waals surface area contributed by atoms with Gasteiger partial charge in [0.15, 0.2) is 0 Å². The summed E-state index contributed by atoms with van der Waals surface area (Å²) in [6, 6.07) is -0.376. The molecule has 4 fully saturated rings. The number of hydrogen-bond donors (Lipinski definition) is 1. The van der Waals surface area contributed by atoms with Gasteiger partial charge in [0.25, 0.3) is 0 Å². The molecule has 4 aliphatic carbocycles. The number of carbonyl (C=O) groups is 1. The highest BCUT2D eigenvalue weighted by molar-refractivity contribution is 5.66. The molecule has 0 aliphatic heterocycles. The second kappa shape index (κ2) is 10.2. The molecule has 4 saturated carbocycles. The Hall–Kier alpha value is -1.26. The predicted octanol–water partition coefficient (Wildman–Crippen LogP) is 7.30. The summed E-state index contributed by atoms with van der Waals surface area (Å²) < 4.78 is 5.58. The molecule has 0 amide bonds. The van der Waals surface area contributed by atoms with Gasteiger partial charge in [0.1, 0.15) is 6.10 Å². The normalized spacial score (nSPS) is 45.6. The lowest BCUT2D eigenvalue weighted by Crippen LogP contribution is -2.63. The van der Waals surface area contributed by atoms with Gasteiger partial charge in [-0.2, -0.15) is 0 Å². The van der Waals surface area contributed by atoms with Crippen LogP contribution >= 0.6 is 0 Å². The number of aliphatic hydroxyl groups excluding tert-OH is 1. The number of hydrogen-bond acceptors (Lipinski definition) is 4. The third kappa shape index (κ3) is 4.75. The van der Waals surface area contributed by atoms with Gasteiger partial charge in [0.2, 0.25) is 0 Å². The minimum absolute atomic E-state index is 0.00447. The smallest absolute Gasteiger partial charge is 0.302 e. The van der Waals surface area contributed by atoms with E-state index in [1.165, 1.54) is 45.4 Å². The van der Waals surface area contributed by atoms with E-state index in [9.17, 15) is 15.4 Å². The Morgan fingerprint density at radius 1 is 1.06 bits per heavy atom. The zero-order chi connectivity index (χ0) is 25.5. The Morgan fingerprint density at radius 2 is 1.74 bits per heavy atom. The van der Waals surface area contributed by atoms with Crippen molar-refractivity contribution in [3.63, 3.8) is 0 Å². The molecule has 198 valence electrons. The maximum absolute atomic E-state index is 11.7. The second-order valence-electron chi connectivity index (χ2n) is 13.6. The quantitative estimate of drug-likeness (QED) is 0.177. The highest BCUT2D eigenvalue weighted by Gasteiger charge is 2.65. The fraction of sp³-hybridized carbons (Fsp3) is 0.966. The van der Waals surface area contributed by atoms with Gasteiger partial charge in [-0.1, -0.05) is 59.0 Å². The van der Waals surface area contributed by atoms with Crippen LogP contribution < -0.4 is 0 Å². The van der Waals surface area contributed by atoms with Crippen molar-refractivity contribution in [1.29, 1.82) is 0 Å². The van der Waals surface area contributed by atoms with Crippen LogP contribution in [0.4, 0.5) is 0 Å². The van der Waals surface area contributed by atoms with Crippen molar-refractivity contribution >= 4 is 5.97 Å². The van der Waals surface area contributed by atoms with Gasteiger partial charge in [0.05, 0.1) is 12.1 Å². The van der Waals surface area contributed by atoms with E-state index in [1.807, 2.05) is 0 Å². The van der Waals surface area contributed by atoms with Gasteiger partial charge in [-0.15, -0.1) is 0 Å². The molecule has 0 heterocycles. The summed E-state index contributed by atoms with van der Waals surface area (Å²) in [6.45, 7) is 13.5. The molecule has 0 bridgehead atoms. The first kappa shape index (κ1) is 26.8. The molecule has 35 heavy (non-hydrogen) atoms. The molecule has 0 aromatic carbocycles. The number of azide groups is 1. The Morgan fingerprint density at radius 3 is 2.40 bits per heavy atom. The first-order chi connectivity index (χ1) is 16.5. The van der Waals surface area contributed by atoms with E-state index in [0.717, 1.165) is 31.1 Å². The van der Waals surface area contributed by atoms with Crippen LogP contribution in [0.1, 0.15) is 106 Å². The van der Waals surface area contributed by atoms with Crippen molar-refractivity contribution in [3.05, 3.63) is 10.4 Å². The molecule has 4 aliphatic rings. The van der Waals surface area contributed by atoms with Crippen molar-refractivity contribution in [2.45, 2.75) is 124 Å². The minimum atomic E-state index is -0.666. The molecule has 0 spiro atoms. The van der Waals surface area contributed by atoms with Gasteiger partial charge >= 0.3 is 5.97 Å². The highest BCUT2D eigenvalue weighted by atomic mass is 16.5. The summed E-state index contributed by atoms with van der Waals surface area (Å²) in [5, 5.41) is 16.0. The average molecular weight is 488 g/mol. The van der Waals surface area contributed by atoms with Gasteiger partial charge in [-0.05, 0) is 103 Å². The van der Waals surface area contributed by atoms with E-state index in [1.54, 1.807) is 0 Å². The number of ether oxygens (including phenoxy) is 1. The molecule has 0 aromatic rings. The Labute approximate surface area is 212 Å². The van der Waals surface area contributed by atoms with Crippen LogP contribution in [0.15, 0.2) is 5.11 Å². The fourth-order valence-electron chi connectivity index (χ4n) is 9.79. The third-order valence-electron chi connectivity index (χ3n) is 11.4. The molecule has 0 saturated heterocycles. The summed E-state index contributed by atoms with van der Waals surface area (Å²) >= 11 is 0. The third-order valence-corrected chi connectivity index (χ3v) is 11.4. The van der Waals surface area contributed by atoms with Crippen molar-refractivity contribution in [2.75, 3.05) is 0 Å². The van der Waals surface area contributed by atoms with E-state index in [2.05, 4.69) is 44.6 Å². The second-order valence-corrected chi connectivity index (χ2v) is 13.6. The molecule has 0 radical (unpaired) electrons. The maximum atomic E-state index is 11.7. The summed E-state index contributed by atoms with van der Waals surface area (Å²) in [4.78, 5) is 14.9. The van der Waals surface area contributed by atoms with Crippen molar-refractivity contribution in [3.8, 4) is 0 Å². The predicted molar refractivity (Wildman–Crippen MR) is 138 cm³/mol. The first-order valence-electron chi connectivity index (χ1n) is 14.4. The molecule has 2 unspecified atom stereocenters. The standard InChI is InChI=1S/C29H49N3O3/c1-17(2)8-7-9-18(3)21-10-11-22-25-23(13-15-28(21,22)5)29(6)14-12-20(35-19(4)33)16-24(29)27(34)26(25)31-32-30/h17-18,20-27,34H,7-16H2,1-6H3/t18?,20-,21+,22-,23-,24?,25-,26-,27-,28+,29+/m0/s1. The number of esters is 1. The number of carbonyl (C=O) groups excluding carboxylic acids is 1. The monoisotopic (exact) mass is 487 g/mol. The fourth-order valence-corrected chi connectivity index (χ4v) is 9.79. The van der Waals surface area contributed by atoms with Crippen molar-refractivity contribution in [1.82, 2.24) is 0 Å². The lowest BCUT2D eigenvalue weighted by atomic mass is 9.42. The first-order valence-corrected chi connectivity index (χ1v) is 14.4.